The molecule has 0 aromatic rings. The van der Waals surface area contributed by atoms with Crippen molar-refractivity contribution < 1.29 is 14.3 Å². The van der Waals surface area contributed by atoms with Gasteiger partial charge in [0.15, 0.2) is 0 Å². The zero-order valence-corrected chi connectivity index (χ0v) is 12.1. The van der Waals surface area contributed by atoms with E-state index in [0.717, 1.165) is 25.7 Å². The number of esters is 1. The van der Waals surface area contributed by atoms with Crippen LogP contribution in [0.2, 0.25) is 0 Å². The maximum atomic E-state index is 12.1. The van der Waals surface area contributed by atoms with Gasteiger partial charge in [0.05, 0.1) is 0 Å². The highest BCUT2D eigenvalue weighted by Crippen LogP contribution is 2.59. The molecule has 1 heterocycles. The first-order valence-electron chi connectivity index (χ1n) is 7.38. The van der Waals surface area contributed by atoms with Crippen molar-refractivity contribution in [3.05, 3.63) is 0 Å². The van der Waals surface area contributed by atoms with Crippen molar-refractivity contribution in [3.8, 4) is 0 Å². The first-order chi connectivity index (χ1) is 8.51. The fourth-order valence-electron chi connectivity index (χ4n) is 3.79. The van der Waals surface area contributed by atoms with Crippen molar-refractivity contribution >= 4 is 5.97 Å². The molecule has 3 unspecified atom stereocenters. The number of hydrogen-bond donors (Lipinski definition) is 0. The highest BCUT2D eigenvalue weighted by Gasteiger charge is 2.70. The second-order valence-corrected chi connectivity index (χ2v) is 6.11. The molecule has 1 aliphatic carbocycles. The third-order valence-corrected chi connectivity index (χ3v) is 4.95. The van der Waals surface area contributed by atoms with Gasteiger partial charge in [-0.25, -0.2) is 0 Å². The van der Waals surface area contributed by atoms with Crippen molar-refractivity contribution in [3.63, 3.8) is 0 Å². The van der Waals surface area contributed by atoms with Gasteiger partial charge in [-0.05, 0) is 31.6 Å². The Bertz CT molecular complexity index is 326. The fourth-order valence-corrected chi connectivity index (χ4v) is 3.79. The van der Waals surface area contributed by atoms with Crippen LogP contribution >= 0.6 is 0 Å². The van der Waals surface area contributed by atoms with Gasteiger partial charge in [0.25, 0.3) is 0 Å². The lowest BCUT2D eigenvalue weighted by molar-refractivity contribution is -0.352. The first kappa shape index (κ1) is 13.9. The van der Waals surface area contributed by atoms with E-state index in [4.69, 9.17) is 9.47 Å². The summed E-state index contributed by atoms with van der Waals surface area (Å²) >= 11 is 0. The van der Waals surface area contributed by atoms with Crippen LogP contribution in [0.1, 0.15) is 59.8 Å². The van der Waals surface area contributed by atoms with Crippen LogP contribution in [0.5, 0.6) is 0 Å². The highest BCUT2D eigenvalue weighted by atomic mass is 16.7. The molecule has 3 nitrogen and oxygen atoms in total. The Morgan fingerprint density at radius 1 is 1.44 bits per heavy atom. The molecule has 0 amide bonds. The molecule has 0 radical (unpaired) electrons. The Hall–Kier alpha value is -0.570. The molecule has 0 bridgehead atoms. The first-order valence-corrected chi connectivity index (χ1v) is 7.38. The summed E-state index contributed by atoms with van der Waals surface area (Å²) in [5.41, 5.74) is -0.356. The molecule has 1 saturated carbocycles. The summed E-state index contributed by atoms with van der Waals surface area (Å²) in [7, 11) is 0. The number of carbonyl (C=O) groups excluding carboxylic acids is 1. The molecule has 18 heavy (non-hydrogen) atoms. The van der Waals surface area contributed by atoms with Crippen molar-refractivity contribution in [2.24, 2.45) is 17.3 Å². The van der Waals surface area contributed by atoms with E-state index in [1.807, 2.05) is 6.92 Å². The van der Waals surface area contributed by atoms with Gasteiger partial charge >= 0.3 is 5.97 Å². The molecule has 2 fully saturated rings. The molecule has 0 aromatic carbocycles. The van der Waals surface area contributed by atoms with Gasteiger partial charge in [-0.15, -0.1) is 0 Å². The molecule has 2 rings (SSSR count). The number of cyclic esters (lactones) is 1. The Morgan fingerprint density at radius 2 is 2.17 bits per heavy atom. The van der Waals surface area contributed by atoms with E-state index in [9.17, 15) is 4.79 Å². The Kier molecular flexibility index (Phi) is 3.72. The minimum atomic E-state index is -0.633. The van der Waals surface area contributed by atoms with Crippen LogP contribution < -0.4 is 0 Å². The van der Waals surface area contributed by atoms with Gasteiger partial charge in [-0.3, -0.25) is 4.79 Å². The van der Waals surface area contributed by atoms with E-state index in [2.05, 4.69) is 20.8 Å². The summed E-state index contributed by atoms with van der Waals surface area (Å²) in [5.74, 6) is 0.597. The predicted octanol–water partition coefficient (Wildman–Crippen LogP) is 3.52. The van der Waals surface area contributed by atoms with E-state index in [1.54, 1.807) is 0 Å². The average molecular weight is 254 g/mol. The van der Waals surface area contributed by atoms with Gasteiger partial charge in [0.2, 0.25) is 5.79 Å². The summed E-state index contributed by atoms with van der Waals surface area (Å²) in [6.45, 7) is 9.14. The SMILES string of the molecule is CCOC1(CC)OC(=O)C12CCCC(C(C)C)C2. The largest absolute Gasteiger partial charge is 0.431 e. The maximum absolute atomic E-state index is 12.1. The van der Waals surface area contributed by atoms with E-state index < -0.39 is 5.79 Å². The third kappa shape index (κ3) is 1.78. The van der Waals surface area contributed by atoms with Crippen molar-refractivity contribution in [1.82, 2.24) is 0 Å². The predicted molar refractivity (Wildman–Crippen MR) is 70.0 cm³/mol. The third-order valence-electron chi connectivity index (χ3n) is 4.95. The highest BCUT2D eigenvalue weighted by molar-refractivity contribution is 5.84. The Balaban J connectivity index is 2.23. The Labute approximate surface area is 110 Å². The van der Waals surface area contributed by atoms with E-state index in [0.29, 0.717) is 18.4 Å². The van der Waals surface area contributed by atoms with Gasteiger partial charge < -0.3 is 9.47 Å². The molecular formula is C15H26O3. The lowest BCUT2D eigenvalue weighted by Crippen LogP contribution is -2.69. The summed E-state index contributed by atoms with van der Waals surface area (Å²) < 4.78 is 11.3. The van der Waals surface area contributed by atoms with Gasteiger partial charge in [0, 0.05) is 13.0 Å². The van der Waals surface area contributed by atoms with E-state index >= 15 is 0 Å². The summed E-state index contributed by atoms with van der Waals surface area (Å²) in [6.07, 6.45) is 4.99. The van der Waals surface area contributed by atoms with Crippen LogP contribution in [0.3, 0.4) is 0 Å². The summed E-state index contributed by atoms with van der Waals surface area (Å²) in [4.78, 5) is 12.1. The monoisotopic (exact) mass is 254 g/mol. The van der Waals surface area contributed by atoms with Crippen LogP contribution in [0, 0.1) is 17.3 Å². The lowest BCUT2D eigenvalue weighted by atomic mass is 9.59. The second kappa shape index (κ2) is 4.84. The maximum Gasteiger partial charge on any atom is 0.321 e. The topological polar surface area (TPSA) is 35.5 Å². The van der Waals surface area contributed by atoms with Gasteiger partial charge in [0.1, 0.15) is 5.41 Å². The molecule has 3 heteroatoms. The van der Waals surface area contributed by atoms with Gasteiger partial charge in [-0.2, -0.15) is 0 Å². The van der Waals surface area contributed by atoms with Crippen molar-refractivity contribution in [2.75, 3.05) is 6.61 Å². The molecule has 2 aliphatic rings. The van der Waals surface area contributed by atoms with Crippen LogP contribution in [0.4, 0.5) is 0 Å². The van der Waals surface area contributed by atoms with Crippen molar-refractivity contribution in [2.45, 2.75) is 65.6 Å². The zero-order valence-electron chi connectivity index (χ0n) is 12.1. The fraction of sp³-hybridized carbons (Fsp3) is 0.933. The molecule has 1 spiro atoms. The summed E-state index contributed by atoms with van der Waals surface area (Å²) in [6, 6.07) is 0. The quantitative estimate of drug-likeness (QED) is 0.720. The number of rotatable bonds is 4. The standard InChI is InChI=1S/C15H26O3/c1-5-15(17-6-2)14(13(16)18-15)9-7-8-12(10-14)11(3)4/h11-12H,5-10H2,1-4H3. The van der Waals surface area contributed by atoms with Gasteiger partial charge in [-0.1, -0.05) is 33.6 Å². The van der Waals surface area contributed by atoms with Crippen LogP contribution in [0.25, 0.3) is 0 Å². The minimum absolute atomic E-state index is 0.0249. The minimum Gasteiger partial charge on any atom is -0.431 e. The molecular weight excluding hydrogens is 228 g/mol. The smallest absolute Gasteiger partial charge is 0.321 e. The zero-order chi connectivity index (χ0) is 13.4. The normalized spacial score (nSPS) is 39.8. The lowest BCUT2D eigenvalue weighted by Gasteiger charge is -2.58. The molecule has 1 saturated heterocycles. The molecule has 0 aromatic heterocycles. The number of carbonyl (C=O) groups is 1. The summed E-state index contributed by atoms with van der Waals surface area (Å²) in [5, 5.41) is 0. The van der Waals surface area contributed by atoms with Crippen LogP contribution in [-0.2, 0) is 14.3 Å². The second-order valence-electron chi connectivity index (χ2n) is 6.11. The molecule has 3 atom stereocenters. The number of hydrogen-bond acceptors (Lipinski definition) is 3. The number of ether oxygens (including phenoxy) is 2. The van der Waals surface area contributed by atoms with E-state index in [1.165, 1.54) is 6.42 Å². The molecule has 104 valence electrons. The van der Waals surface area contributed by atoms with E-state index in [-0.39, 0.29) is 11.4 Å². The molecule has 0 N–H and O–H groups in total. The van der Waals surface area contributed by atoms with Crippen LogP contribution in [0.15, 0.2) is 0 Å². The molecule has 1 aliphatic heterocycles. The Morgan fingerprint density at radius 3 is 2.67 bits per heavy atom. The van der Waals surface area contributed by atoms with Crippen molar-refractivity contribution in [1.29, 1.82) is 0 Å². The average Bonchev–Trinajstić information content (AvgIpc) is 2.38. The van der Waals surface area contributed by atoms with Crippen LogP contribution in [-0.4, -0.2) is 18.4 Å².